The number of nitrogens with two attached hydrogens (primary N) is 1. The lowest BCUT2D eigenvalue weighted by Crippen LogP contribution is -2.12. The zero-order valence-corrected chi connectivity index (χ0v) is 16.7. The van der Waals surface area contributed by atoms with Crippen molar-refractivity contribution in [3.05, 3.63) is 54.7 Å². The first kappa shape index (κ1) is 18.4. The predicted molar refractivity (Wildman–Crippen MR) is 109 cm³/mol. The maximum absolute atomic E-state index is 11.4. The number of hydrogen-bond donors (Lipinski definition) is 1. The Morgan fingerprint density at radius 1 is 1.04 bits per heavy atom. The van der Waals surface area contributed by atoms with Crippen LogP contribution in [0, 0.1) is 0 Å². The molecule has 2 heterocycles. The monoisotopic (exact) mass is 415 g/mol. The first-order valence-corrected chi connectivity index (χ1v) is 10.6. The van der Waals surface area contributed by atoms with E-state index in [1.807, 2.05) is 67.5 Å². The van der Waals surface area contributed by atoms with Crippen LogP contribution in [0.4, 0.5) is 5.69 Å². The molecule has 144 valence electrons. The molecule has 0 saturated carbocycles. The van der Waals surface area contributed by atoms with Crippen LogP contribution in [0.25, 0.3) is 16.2 Å². The van der Waals surface area contributed by atoms with Crippen molar-refractivity contribution in [1.29, 1.82) is 0 Å². The fourth-order valence-electron chi connectivity index (χ4n) is 2.58. The summed E-state index contributed by atoms with van der Waals surface area (Å²) >= 11 is 0.927. The Hall–Kier alpha value is -2.95. The second kappa shape index (κ2) is 6.89. The van der Waals surface area contributed by atoms with Crippen molar-refractivity contribution in [2.75, 3.05) is 19.0 Å². The molecule has 0 aliphatic carbocycles. The predicted octanol–water partition coefficient (Wildman–Crippen LogP) is 2.96. The molecule has 0 aliphatic heterocycles. The van der Waals surface area contributed by atoms with Gasteiger partial charge in [-0.2, -0.15) is 0 Å². The van der Waals surface area contributed by atoms with Crippen molar-refractivity contribution >= 4 is 32.0 Å². The van der Waals surface area contributed by atoms with Gasteiger partial charge in [0, 0.05) is 25.3 Å². The lowest BCUT2D eigenvalue weighted by Gasteiger charge is -2.13. The minimum Gasteiger partial charge on any atom is -0.457 e. The fourth-order valence-corrected chi connectivity index (χ4v) is 4.08. The van der Waals surface area contributed by atoms with E-state index in [0.717, 1.165) is 28.3 Å². The molecular weight excluding hydrogens is 398 g/mol. The molecule has 2 N–H and O–H groups in total. The minimum atomic E-state index is -3.83. The molecule has 4 aromatic rings. The van der Waals surface area contributed by atoms with Gasteiger partial charge in [0.1, 0.15) is 11.5 Å². The van der Waals surface area contributed by atoms with Gasteiger partial charge < -0.3 is 9.64 Å². The van der Waals surface area contributed by atoms with Crippen molar-refractivity contribution in [3.8, 4) is 22.8 Å². The number of primary sulfonamides is 1. The van der Waals surface area contributed by atoms with E-state index < -0.39 is 10.0 Å². The summed E-state index contributed by atoms with van der Waals surface area (Å²) in [5.74, 6) is 1.46. The highest BCUT2D eigenvalue weighted by molar-refractivity contribution is 7.91. The Kier molecular flexibility index (Phi) is 4.53. The number of fused-ring (bicyclic) bond motifs is 1. The number of anilines is 1. The van der Waals surface area contributed by atoms with Gasteiger partial charge in [-0.1, -0.05) is 11.3 Å². The molecule has 0 fully saturated rings. The number of hydrogen-bond acceptors (Lipinski definition) is 7. The zero-order chi connectivity index (χ0) is 19.9. The largest absolute Gasteiger partial charge is 0.457 e. The summed E-state index contributed by atoms with van der Waals surface area (Å²) in [7, 11) is 0.144. The number of nitrogens with zero attached hydrogens (tertiary/aromatic N) is 4. The van der Waals surface area contributed by atoms with Gasteiger partial charge in [0.15, 0.2) is 0 Å². The lowest BCUT2D eigenvalue weighted by atomic mass is 10.1. The topological polar surface area (TPSA) is 103 Å². The Labute approximate surface area is 165 Å². The van der Waals surface area contributed by atoms with E-state index >= 15 is 0 Å². The maximum atomic E-state index is 11.4. The summed E-state index contributed by atoms with van der Waals surface area (Å²) in [6.07, 6.45) is 1.66. The van der Waals surface area contributed by atoms with Crippen LogP contribution in [-0.4, -0.2) is 37.1 Å². The normalized spacial score (nSPS) is 11.7. The van der Waals surface area contributed by atoms with Crippen molar-refractivity contribution in [2.45, 2.75) is 4.34 Å². The third-order valence-electron chi connectivity index (χ3n) is 4.01. The molecule has 0 saturated heterocycles. The van der Waals surface area contributed by atoms with Gasteiger partial charge >= 0.3 is 0 Å². The summed E-state index contributed by atoms with van der Waals surface area (Å²) in [5, 5.41) is 9.05. The van der Waals surface area contributed by atoms with Crippen LogP contribution in [0.5, 0.6) is 11.5 Å². The van der Waals surface area contributed by atoms with Gasteiger partial charge in [-0.25, -0.2) is 23.1 Å². The molecule has 0 unspecified atom stereocenters. The number of rotatable bonds is 5. The number of benzene rings is 2. The lowest BCUT2D eigenvalue weighted by molar-refractivity contribution is 0.483. The van der Waals surface area contributed by atoms with Crippen LogP contribution >= 0.6 is 11.3 Å². The molecule has 0 spiro atoms. The first-order valence-electron chi connectivity index (χ1n) is 8.24. The molecule has 2 aromatic heterocycles. The van der Waals surface area contributed by atoms with Gasteiger partial charge in [-0.05, 0) is 48.5 Å². The Morgan fingerprint density at radius 3 is 2.18 bits per heavy atom. The highest BCUT2D eigenvalue weighted by Gasteiger charge is 2.17. The molecule has 4 rings (SSSR count). The molecule has 2 aromatic carbocycles. The summed E-state index contributed by atoms with van der Waals surface area (Å²) in [4.78, 5) is 6.89. The summed E-state index contributed by atoms with van der Waals surface area (Å²) < 4.78 is 29.8. The number of imidazole rings is 1. The van der Waals surface area contributed by atoms with Gasteiger partial charge in [0.25, 0.3) is 10.0 Å². The van der Waals surface area contributed by atoms with Crippen molar-refractivity contribution < 1.29 is 13.2 Å². The van der Waals surface area contributed by atoms with E-state index in [4.69, 9.17) is 9.88 Å². The molecule has 0 bridgehead atoms. The van der Waals surface area contributed by atoms with Crippen molar-refractivity contribution in [2.24, 2.45) is 5.14 Å². The van der Waals surface area contributed by atoms with E-state index in [2.05, 4.69) is 10.1 Å². The summed E-state index contributed by atoms with van der Waals surface area (Å²) in [6, 6.07) is 15.3. The van der Waals surface area contributed by atoms with Gasteiger partial charge in [0.2, 0.25) is 9.30 Å². The van der Waals surface area contributed by atoms with E-state index in [1.165, 1.54) is 4.52 Å². The fraction of sp³-hybridized carbons (Fsp3) is 0.111. The molecule has 10 heteroatoms. The highest BCUT2D eigenvalue weighted by atomic mass is 32.2. The molecule has 0 amide bonds. The van der Waals surface area contributed by atoms with Gasteiger partial charge in [0.05, 0.1) is 11.9 Å². The zero-order valence-electron chi connectivity index (χ0n) is 15.1. The average molecular weight is 416 g/mol. The Balaban J connectivity index is 1.52. The standard InChI is InChI=1S/C18H17N5O3S2/c1-22(2)13-5-9-15(10-6-13)26-14-7-3-12(4-8-14)16-11-23-17(20-16)27-18(21-23)28(19,24)25/h3-11H,1-2H3,(H2,19,24,25). The second-order valence-corrected chi connectivity index (χ2v) is 8.97. The van der Waals surface area contributed by atoms with Crippen LogP contribution in [0.2, 0.25) is 0 Å². The maximum Gasteiger partial charge on any atom is 0.267 e. The van der Waals surface area contributed by atoms with Crippen LogP contribution in [0.15, 0.2) is 59.1 Å². The second-order valence-electron chi connectivity index (χ2n) is 6.28. The van der Waals surface area contributed by atoms with Crippen LogP contribution in [0.3, 0.4) is 0 Å². The van der Waals surface area contributed by atoms with E-state index in [1.54, 1.807) is 6.20 Å². The molecular formula is C18H17N5O3S2. The number of aromatic nitrogens is 3. The summed E-state index contributed by atoms with van der Waals surface area (Å²) in [5.41, 5.74) is 2.65. The third kappa shape index (κ3) is 3.70. The van der Waals surface area contributed by atoms with Crippen LogP contribution < -0.4 is 14.8 Å². The van der Waals surface area contributed by atoms with E-state index in [0.29, 0.717) is 16.4 Å². The van der Waals surface area contributed by atoms with E-state index in [9.17, 15) is 8.42 Å². The first-order chi connectivity index (χ1) is 13.3. The quantitative estimate of drug-likeness (QED) is 0.538. The Bertz CT molecular complexity index is 1200. The number of sulfonamides is 1. The van der Waals surface area contributed by atoms with Gasteiger partial charge in [-0.3, -0.25) is 0 Å². The molecule has 0 aliphatic rings. The molecule has 0 atom stereocenters. The van der Waals surface area contributed by atoms with Crippen molar-refractivity contribution in [1.82, 2.24) is 14.6 Å². The Morgan fingerprint density at radius 2 is 1.64 bits per heavy atom. The SMILES string of the molecule is CN(C)c1ccc(Oc2ccc(-c3cn4nc(S(N)(=O)=O)sc4n3)cc2)cc1. The molecule has 8 nitrogen and oxygen atoms in total. The van der Waals surface area contributed by atoms with Crippen LogP contribution in [-0.2, 0) is 10.0 Å². The highest BCUT2D eigenvalue weighted by Crippen LogP contribution is 2.28. The molecule has 28 heavy (non-hydrogen) atoms. The number of ether oxygens (including phenoxy) is 1. The van der Waals surface area contributed by atoms with Crippen LogP contribution in [0.1, 0.15) is 0 Å². The minimum absolute atomic E-state index is 0.161. The molecule has 0 radical (unpaired) electrons. The average Bonchev–Trinajstić information content (AvgIpc) is 3.22. The van der Waals surface area contributed by atoms with Gasteiger partial charge in [-0.15, -0.1) is 5.10 Å². The van der Waals surface area contributed by atoms with Crippen molar-refractivity contribution in [3.63, 3.8) is 0 Å². The summed E-state index contributed by atoms with van der Waals surface area (Å²) in [6.45, 7) is 0. The van der Waals surface area contributed by atoms with E-state index in [-0.39, 0.29) is 4.34 Å². The smallest absolute Gasteiger partial charge is 0.267 e. The third-order valence-corrected chi connectivity index (χ3v) is 6.24.